The van der Waals surface area contributed by atoms with Crippen molar-refractivity contribution in [1.29, 1.82) is 0 Å². The standard InChI is InChI=1S/C21H23FN2O2/c1-13-5-3-4-6-16(13)20-17-12-24(11-15(17)10-23(20)2)21(26)14-7-8-19(25)18(22)9-14/h3-9,15,17,20,25H,10-12H2,1-2H3/t15-,17+,20+/m0/s1. The van der Waals surface area contributed by atoms with Crippen LogP contribution in [-0.4, -0.2) is 47.5 Å². The van der Waals surface area contributed by atoms with Crippen LogP contribution >= 0.6 is 0 Å². The van der Waals surface area contributed by atoms with E-state index >= 15 is 0 Å². The molecule has 1 N–H and O–H groups in total. The maximum absolute atomic E-state index is 13.6. The van der Waals surface area contributed by atoms with E-state index in [4.69, 9.17) is 0 Å². The zero-order chi connectivity index (χ0) is 18.4. The van der Waals surface area contributed by atoms with Crippen LogP contribution in [0.4, 0.5) is 4.39 Å². The third-order valence-corrected chi connectivity index (χ3v) is 5.88. The molecular weight excluding hydrogens is 331 g/mol. The van der Waals surface area contributed by atoms with Crippen molar-refractivity contribution < 1.29 is 14.3 Å². The van der Waals surface area contributed by atoms with Crippen molar-refractivity contribution in [3.63, 3.8) is 0 Å². The molecule has 0 spiro atoms. The lowest BCUT2D eigenvalue weighted by Gasteiger charge is -2.28. The van der Waals surface area contributed by atoms with Gasteiger partial charge in [0.05, 0.1) is 0 Å². The van der Waals surface area contributed by atoms with Gasteiger partial charge in [-0.1, -0.05) is 24.3 Å². The second kappa shape index (κ2) is 6.40. The largest absolute Gasteiger partial charge is 0.505 e. The zero-order valence-electron chi connectivity index (χ0n) is 15.0. The van der Waals surface area contributed by atoms with Gasteiger partial charge in [-0.2, -0.15) is 0 Å². The van der Waals surface area contributed by atoms with Crippen LogP contribution in [0.15, 0.2) is 42.5 Å². The zero-order valence-corrected chi connectivity index (χ0v) is 15.0. The predicted molar refractivity (Wildman–Crippen MR) is 97.5 cm³/mol. The van der Waals surface area contributed by atoms with Gasteiger partial charge in [-0.05, 0) is 49.2 Å². The van der Waals surface area contributed by atoms with Crippen LogP contribution < -0.4 is 0 Å². The van der Waals surface area contributed by atoms with Crippen molar-refractivity contribution in [1.82, 2.24) is 9.80 Å². The Morgan fingerprint density at radius 3 is 2.65 bits per heavy atom. The van der Waals surface area contributed by atoms with E-state index in [1.165, 1.54) is 23.3 Å². The van der Waals surface area contributed by atoms with Gasteiger partial charge in [-0.25, -0.2) is 4.39 Å². The van der Waals surface area contributed by atoms with Gasteiger partial charge in [0, 0.05) is 37.2 Å². The van der Waals surface area contributed by atoms with Crippen LogP contribution in [0.1, 0.15) is 27.5 Å². The van der Waals surface area contributed by atoms with E-state index in [-0.39, 0.29) is 5.91 Å². The number of rotatable bonds is 2. The Hall–Kier alpha value is -2.40. The molecule has 3 atom stereocenters. The Kier molecular flexibility index (Phi) is 4.19. The van der Waals surface area contributed by atoms with E-state index in [0.717, 1.165) is 12.6 Å². The van der Waals surface area contributed by atoms with Gasteiger partial charge in [0.15, 0.2) is 11.6 Å². The number of fused-ring (bicyclic) bond motifs is 1. The first-order chi connectivity index (χ1) is 12.5. The summed E-state index contributed by atoms with van der Waals surface area (Å²) in [7, 11) is 2.15. The molecule has 0 radical (unpaired) electrons. The van der Waals surface area contributed by atoms with E-state index in [0.29, 0.717) is 36.5 Å². The lowest BCUT2D eigenvalue weighted by atomic mass is 9.88. The van der Waals surface area contributed by atoms with Crippen LogP contribution in [0.2, 0.25) is 0 Å². The van der Waals surface area contributed by atoms with E-state index in [1.54, 1.807) is 0 Å². The number of phenols is 1. The number of halogens is 1. The first-order valence-corrected chi connectivity index (χ1v) is 8.99. The first-order valence-electron chi connectivity index (χ1n) is 8.99. The van der Waals surface area contributed by atoms with Crippen LogP contribution in [-0.2, 0) is 0 Å². The topological polar surface area (TPSA) is 43.8 Å². The summed E-state index contributed by atoms with van der Waals surface area (Å²) in [6.45, 7) is 4.46. The Morgan fingerprint density at radius 1 is 1.15 bits per heavy atom. The molecule has 136 valence electrons. The minimum absolute atomic E-state index is 0.163. The normalized spacial score (nSPS) is 25.5. The molecule has 0 aromatic heterocycles. The van der Waals surface area contributed by atoms with E-state index in [1.807, 2.05) is 4.90 Å². The summed E-state index contributed by atoms with van der Waals surface area (Å²) in [6, 6.07) is 12.6. The van der Waals surface area contributed by atoms with Gasteiger partial charge in [0.2, 0.25) is 0 Å². The van der Waals surface area contributed by atoms with Crippen LogP contribution in [0.5, 0.6) is 5.75 Å². The molecule has 0 aliphatic carbocycles. The summed E-state index contributed by atoms with van der Waals surface area (Å²) in [5, 5.41) is 9.33. The number of phenolic OH excluding ortho intramolecular Hbond substituents is 1. The van der Waals surface area contributed by atoms with Gasteiger partial charge in [0.25, 0.3) is 5.91 Å². The molecule has 2 heterocycles. The Labute approximate surface area is 152 Å². The van der Waals surface area contributed by atoms with Gasteiger partial charge >= 0.3 is 0 Å². The minimum Gasteiger partial charge on any atom is -0.505 e. The number of likely N-dealkylation sites (tertiary alicyclic amines) is 2. The highest BCUT2D eigenvalue weighted by molar-refractivity contribution is 5.94. The number of aromatic hydroxyl groups is 1. The highest BCUT2D eigenvalue weighted by Crippen LogP contribution is 2.45. The molecule has 4 nitrogen and oxygen atoms in total. The molecule has 2 aromatic rings. The Balaban J connectivity index is 1.57. The van der Waals surface area contributed by atoms with Crippen LogP contribution in [0, 0.1) is 24.6 Å². The number of hydrogen-bond acceptors (Lipinski definition) is 3. The third-order valence-electron chi connectivity index (χ3n) is 5.88. The third kappa shape index (κ3) is 2.76. The number of nitrogens with zero attached hydrogens (tertiary/aromatic N) is 2. The highest BCUT2D eigenvalue weighted by atomic mass is 19.1. The molecule has 2 aliphatic heterocycles. The fraction of sp³-hybridized carbons (Fsp3) is 0.381. The second-order valence-electron chi connectivity index (χ2n) is 7.54. The monoisotopic (exact) mass is 354 g/mol. The number of hydrogen-bond donors (Lipinski definition) is 1. The fourth-order valence-corrected chi connectivity index (χ4v) is 4.63. The summed E-state index contributed by atoms with van der Waals surface area (Å²) >= 11 is 0. The van der Waals surface area contributed by atoms with Crippen molar-refractivity contribution in [2.24, 2.45) is 11.8 Å². The molecule has 26 heavy (non-hydrogen) atoms. The Bertz CT molecular complexity index is 854. The van der Waals surface area contributed by atoms with Gasteiger partial charge in [0.1, 0.15) is 0 Å². The summed E-state index contributed by atoms with van der Waals surface area (Å²) in [6.07, 6.45) is 0. The SMILES string of the molecule is Cc1ccccc1[C@@H]1[C@@H]2CN(C(=O)c3ccc(O)c(F)c3)C[C@@H]2CN1C. The molecule has 2 fully saturated rings. The Morgan fingerprint density at radius 2 is 1.92 bits per heavy atom. The predicted octanol–water partition coefficient (Wildman–Crippen LogP) is 3.21. The molecule has 1 amide bonds. The van der Waals surface area contributed by atoms with E-state index < -0.39 is 11.6 Å². The average molecular weight is 354 g/mol. The maximum atomic E-state index is 13.6. The van der Waals surface area contributed by atoms with E-state index in [2.05, 4.69) is 43.1 Å². The molecule has 0 bridgehead atoms. The molecule has 2 aliphatic rings. The molecule has 4 rings (SSSR count). The van der Waals surface area contributed by atoms with Crippen molar-refractivity contribution in [2.45, 2.75) is 13.0 Å². The quantitative estimate of drug-likeness (QED) is 0.901. The minimum atomic E-state index is -0.757. The molecule has 2 aromatic carbocycles. The highest BCUT2D eigenvalue weighted by Gasteiger charge is 2.47. The second-order valence-corrected chi connectivity index (χ2v) is 7.54. The number of benzene rings is 2. The van der Waals surface area contributed by atoms with Crippen LogP contribution in [0.25, 0.3) is 0 Å². The lowest BCUT2D eigenvalue weighted by Crippen LogP contribution is -2.33. The number of carbonyl (C=O) groups excluding carboxylic acids is 1. The van der Waals surface area contributed by atoms with Gasteiger partial charge in [-0.3, -0.25) is 9.69 Å². The van der Waals surface area contributed by atoms with Gasteiger partial charge in [-0.15, -0.1) is 0 Å². The average Bonchev–Trinajstić information content (AvgIpc) is 3.14. The smallest absolute Gasteiger partial charge is 0.253 e. The summed E-state index contributed by atoms with van der Waals surface area (Å²) < 4.78 is 13.6. The summed E-state index contributed by atoms with van der Waals surface area (Å²) in [5.74, 6) is -0.541. The number of amides is 1. The fourth-order valence-electron chi connectivity index (χ4n) is 4.63. The molecule has 2 saturated heterocycles. The van der Waals surface area contributed by atoms with Crippen molar-refractivity contribution in [3.05, 3.63) is 65.0 Å². The lowest BCUT2D eigenvalue weighted by molar-refractivity contribution is 0.0767. The van der Waals surface area contributed by atoms with Crippen molar-refractivity contribution in [2.75, 3.05) is 26.7 Å². The maximum Gasteiger partial charge on any atom is 0.253 e. The molecule has 0 saturated carbocycles. The summed E-state index contributed by atoms with van der Waals surface area (Å²) in [5.41, 5.74) is 2.89. The van der Waals surface area contributed by atoms with Gasteiger partial charge < -0.3 is 10.0 Å². The first kappa shape index (κ1) is 17.0. The molecule has 0 unspecified atom stereocenters. The number of aryl methyl sites for hydroxylation is 1. The summed E-state index contributed by atoms with van der Waals surface area (Å²) in [4.78, 5) is 17.0. The van der Waals surface area contributed by atoms with Crippen molar-refractivity contribution in [3.8, 4) is 5.75 Å². The van der Waals surface area contributed by atoms with E-state index in [9.17, 15) is 14.3 Å². The van der Waals surface area contributed by atoms with Crippen molar-refractivity contribution >= 4 is 5.91 Å². The molecule has 5 heteroatoms. The molecular formula is C21H23FN2O2. The number of carbonyl (C=O) groups is 1. The van der Waals surface area contributed by atoms with Crippen LogP contribution in [0.3, 0.4) is 0 Å².